The molecule has 1 aliphatic carbocycles. The Morgan fingerprint density at radius 1 is 0.830 bits per heavy atom. The van der Waals surface area contributed by atoms with Gasteiger partial charge in [0.1, 0.15) is 42.3 Å². The zero-order valence-electron chi connectivity index (χ0n) is 31.3. The van der Waals surface area contributed by atoms with Crippen molar-refractivity contribution in [1.82, 2.24) is 0 Å². The van der Waals surface area contributed by atoms with Gasteiger partial charge in [0.2, 0.25) is 0 Å². The number of ether oxygens (including phenoxy) is 4. The molecule has 1 atom stereocenters. The molecular formula is C40H45KN4O8. The van der Waals surface area contributed by atoms with Gasteiger partial charge in [-0.2, -0.15) is 0 Å². The number of likely N-dealkylation sites (N-methyl/N-ethyl adjacent to an activating group) is 1. The van der Waals surface area contributed by atoms with Crippen LogP contribution >= 0.6 is 0 Å². The molecule has 3 aromatic carbocycles. The number of carboxylic acids is 2. The van der Waals surface area contributed by atoms with Crippen LogP contribution < -0.4 is 95.4 Å². The van der Waals surface area contributed by atoms with Gasteiger partial charge >= 0.3 is 51.4 Å². The van der Waals surface area contributed by atoms with Crippen molar-refractivity contribution in [2.75, 3.05) is 95.5 Å². The molecule has 0 radical (unpaired) electrons. The number of carbonyl (C=O) groups is 2. The largest absolute Gasteiger partial charge is 1.00 e. The molecule has 0 saturated heterocycles. The number of fused-ring (bicyclic) bond motifs is 4. The number of hydrogen-bond acceptors (Lipinski definition) is 11. The molecular weight excluding hydrogens is 704 g/mol. The smallest absolute Gasteiger partial charge is 0.548 e. The molecule has 0 saturated carbocycles. The topological polar surface area (TPSA) is 131 Å². The van der Waals surface area contributed by atoms with Gasteiger partial charge in [-0.3, -0.25) is 0 Å². The standard InChI is InChI=1S/C40H46N4O8.K/c1-26-6-12-32-36(20-26)50-18-19-51-37-21-27(7-13-33(37)44(25-39(47)48)15-17-49-16-14-43(32)24-38(45)46)40-30-10-8-28(41(2)3)22-34(30)52-35-23-29(42(4)5)9-11-31(35)40;/h6-13,20-23,28H,14-19,24-25H2,1-5H3,(H,45,46)(H,47,48);/q;+1/p-1. The van der Waals surface area contributed by atoms with E-state index in [4.69, 9.17) is 18.9 Å². The van der Waals surface area contributed by atoms with Crippen molar-refractivity contribution in [3.05, 3.63) is 101 Å². The minimum Gasteiger partial charge on any atom is -0.548 e. The number of benzene rings is 3. The number of carboxylic acid groups (broad SMARTS) is 2. The molecule has 53 heavy (non-hydrogen) atoms. The normalized spacial score (nSPS) is 17.2. The molecule has 2 aliphatic heterocycles. The van der Waals surface area contributed by atoms with Gasteiger partial charge in [0.05, 0.1) is 63.7 Å². The van der Waals surface area contributed by atoms with Crippen LogP contribution in [0.5, 0.6) is 17.2 Å². The Morgan fingerprint density at radius 3 is 2.06 bits per heavy atom. The van der Waals surface area contributed by atoms with E-state index in [1.54, 1.807) is 9.80 Å². The molecule has 6 rings (SSSR count). The van der Waals surface area contributed by atoms with Crippen molar-refractivity contribution < 1.29 is 95.0 Å². The number of aliphatic carboxylic acids is 2. The summed E-state index contributed by atoms with van der Waals surface area (Å²) in [5.74, 6) is 0.00729. The van der Waals surface area contributed by atoms with Gasteiger partial charge in [0.15, 0.2) is 0 Å². The molecule has 2 heterocycles. The Hall–Kier alpha value is -3.82. The second-order valence-electron chi connectivity index (χ2n) is 13.5. The predicted octanol–water partition coefficient (Wildman–Crippen LogP) is -2.17. The van der Waals surface area contributed by atoms with Crippen molar-refractivity contribution >= 4 is 34.6 Å². The van der Waals surface area contributed by atoms with Crippen molar-refractivity contribution in [2.45, 2.75) is 13.0 Å². The molecule has 0 bridgehead atoms. The number of hydrogen-bond donors (Lipinski definition) is 1. The van der Waals surface area contributed by atoms with Crippen molar-refractivity contribution in [3.63, 3.8) is 0 Å². The van der Waals surface area contributed by atoms with Gasteiger partial charge in [-0.25, -0.2) is 0 Å². The molecule has 1 N–H and O–H groups in total. The van der Waals surface area contributed by atoms with Gasteiger partial charge in [0.25, 0.3) is 0 Å². The van der Waals surface area contributed by atoms with Gasteiger partial charge in [-0.1, -0.05) is 12.1 Å². The molecule has 0 aromatic heterocycles. The van der Waals surface area contributed by atoms with Crippen LogP contribution in [0.1, 0.15) is 16.7 Å². The van der Waals surface area contributed by atoms with Crippen molar-refractivity contribution in [3.8, 4) is 17.2 Å². The van der Waals surface area contributed by atoms with E-state index < -0.39 is 11.9 Å². The first-order chi connectivity index (χ1) is 25.0. The van der Waals surface area contributed by atoms with Crippen LogP contribution in [0.25, 0.3) is 5.57 Å². The van der Waals surface area contributed by atoms with E-state index in [2.05, 4.69) is 44.5 Å². The van der Waals surface area contributed by atoms with Crippen molar-refractivity contribution in [2.24, 2.45) is 0 Å². The van der Waals surface area contributed by atoms with E-state index in [9.17, 15) is 19.8 Å². The molecule has 13 heteroatoms. The first-order valence-corrected chi connectivity index (χ1v) is 17.4. The maximum atomic E-state index is 12.0. The van der Waals surface area contributed by atoms with Crippen LogP contribution in [0.3, 0.4) is 0 Å². The molecule has 0 spiro atoms. The third-order valence-corrected chi connectivity index (χ3v) is 9.27. The average molecular weight is 749 g/mol. The van der Waals surface area contributed by atoms with Gasteiger partial charge in [-0.05, 0) is 66.6 Å². The molecule has 12 nitrogen and oxygen atoms in total. The summed E-state index contributed by atoms with van der Waals surface area (Å²) in [6.45, 7) is 2.29. The zero-order valence-corrected chi connectivity index (χ0v) is 34.4. The van der Waals surface area contributed by atoms with Crippen molar-refractivity contribution in [1.29, 1.82) is 0 Å². The van der Waals surface area contributed by atoms with E-state index in [0.717, 1.165) is 45.0 Å². The Labute approximate surface area is 353 Å². The second kappa shape index (κ2) is 18.0. The number of aryl methyl sites for hydroxylation is 1. The average Bonchev–Trinajstić information content (AvgIpc) is 3.10. The third-order valence-electron chi connectivity index (χ3n) is 9.27. The number of carbonyl (C=O) groups excluding carboxylic acids is 2. The number of rotatable bonds is 7. The summed E-state index contributed by atoms with van der Waals surface area (Å²) in [6.07, 6.45) is 6.42. The summed E-state index contributed by atoms with van der Waals surface area (Å²) < 4.78 is 25.1. The van der Waals surface area contributed by atoms with Gasteiger partial charge < -0.3 is 58.3 Å². The van der Waals surface area contributed by atoms with E-state index in [-0.39, 0.29) is 110 Å². The zero-order chi connectivity index (χ0) is 36.9. The van der Waals surface area contributed by atoms with E-state index >= 15 is 0 Å². The first kappa shape index (κ1) is 40.4. The summed E-state index contributed by atoms with van der Waals surface area (Å²) in [6, 6.07) is 17.6. The van der Waals surface area contributed by atoms with Crippen LogP contribution in [-0.4, -0.2) is 98.8 Å². The number of quaternary nitrogens is 1. The fourth-order valence-corrected chi connectivity index (χ4v) is 6.58. The molecule has 3 aromatic rings. The van der Waals surface area contributed by atoms with Gasteiger partial charge in [0, 0.05) is 61.7 Å². The summed E-state index contributed by atoms with van der Waals surface area (Å²) in [5.41, 5.74) is 6.81. The summed E-state index contributed by atoms with van der Waals surface area (Å²) >= 11 is 0. The summed E-state index contributed by atoms with van der Waals surface area (Å²) in [4.78, 5) is 30.2. The maximum Gasteiger partial charge on any atom is 1.00 e. The Bertz CT molecular complexity index is 1920. The van der Waals surface area contributed by atoms with Crippen LogP contribution in [0.15, 0.2) is 84.2 Å². The Morgan fingerprint density at radius 2 is 1.45 bits per heavy atom. The molecule has 0 amide bonds. The molecule has 1 unspecified atom stereocenters. The third kappa shape index (κ3) is 9.65. The Kier molecular flexibility index (Phi) is 13.7. The number of anilines is 3. The van der Waals surface area contributed by atoms with Crippen LogP contribution in [0.4, 0.5) is 17.1 Å². The predicted molar refractivity (Wildman–Crippen MR) is 195 cm³/mol. The minimum atomic E-state index is -1.25. The van der Waals surface area contributed by atoms with E-state index in [1.807, 2.05) is 68.4 Å². The monoisotopic (exact) mass is 748 g/mol. The minimum absolute atomic E-state index is 0. The Balaban J connectivity index is 0.00000541. The van der Waals surface area contributed by atoms with Gasteiger partial charge in [-0.15, -0.1) is 0 Å². The maximum absolute atomic E-state index is 12.0. The first-order valence-electron chi connectivity index (χ1n) is 17.4. The SMILES string of the molecule is Cc1ccc2c(c1)OCCOc1cc(C3=C4C=CC([NH+](C)C)C=C4Oc4cc(N(C)C)ccc43)ccc1N(CC(=O)[O-])CCOCCN2CC(=O)[O-].[K+]. The second-order valence-corrected chi connectivity index (χ2v) is 13.5. The van der Waals surface area contributed by atoms with E-state index in [1.165, 1.54) is 4.90 Å². The summed E-state index contributed by atoms with van der Waals surface area (Å²) in [5, 5.41) is 23.7. The molecule has 274 valence electrons. The van der Waals surface area contributed by atoms with Crippen LogP contribution in [0.2, 0.25) is 0 Å². The fourth-order valence-electron chi connectivity index (χ4n) is 6.58. The molecule has 3 aliphatic rings. The quantitative estimate of drug-likeness (QED) is 0.265. The van der Waals surface area contributed by atoms with Crippen LogP contribution in [0, 0.1) is 6.92 Å². The number of allylic oxidation sites excluding steroid dienone is 1. The number of nitrogens with zero attached hydrogens (tertiary/aromatic N) is 3. The molecule has 0 fully saturated rings. The number of nitrogens with one attached hydrogen (secondary N) is 1. The summed E-state index contributed by atoms with van der Waals surface area (Å²) in [7, 11) is 8.19. The van der Waals surface area contributed by atoms with Crippen LogP contribution in [-0.2, 0) is 14.3 Å². The fraction of sp³-hybridized carbons (Fsp3) is 0.350. The van der Waals surface area contributed by atoms with E-state index in [0.29, 0.717) is 22.9 Å².